The average Bonchev–Trinajstić information content (AvgIpc) is 2.60. The van der Waals surface area contributed by atoms with Crippen LogP contribution in [0.3, 0.4) is 0 Å². The smallest absolute Gasteiger partial charge is 0.186 e. The van der Waals surface area contributed by atoms with Crippen molar-refractivity contribution in [2.24, 2.45) is 0 Å². The van der Waals surface area contributed by atoms with Crippen molar-refractivity contribution in [2.45, 2.75) is 62.2 Å². The van der Waals surface area contributed by atoms with E-state index in [9.17, 15) is 25.5 Å². The van der Waals surface area contributed by atoms with Crippen molar-refractivity contribution >= 4 is 0 Å². The van der Waals surface area contributed by atoms with E-state index < -0.39 is 75.1 Å². The van der Waals surface area contributed by atoms with Crippen LogP contribution in [0.1, 0.15) is 6.92 Å². The normalized spacial score (nSPS) is 35.2. The van der Waals surface area contributed by atoms with Crippen molar-refractivity contribution in [3.05, 3.63) is 0 Å². The molecule has 0 amide bonds. The minimum atomic E-state index is -1.54. The van der Waals surface area contributed by atoms with Gasteiger partial charge < -0.3 is 54.7 Å². The number of rotatable bonds is 10. The number of hydrogen-bond donors (Lipinski definition) is 7. The number of aliphatic hydroxyl groups excluding tert-OH is 7. The summed E-state index contributed by atoms with van der Waals surface area (Å²) in [6.45, 7) is -0.323. The number of methoxy groups -OCH3 is 1. The molecule has 1 saturated heterocycles. The highest BCUT2D eigenvalue weighted by Crippen LogP contribution is 2.22. The van der Waals surface area contributed by atoms with Crippen LogP contribution in [0.5, 0.6) is 0 Å². The lowest BCUT2D eigenvalue weighted by atomic mass is 9.99. The van der Waals surface area contributed by atoms with Crippen LogP contribution in [-0.4, -0.2) is 118 Å². The van der Waals surface area contributed by atoms with Gasteiger partial charge in [-0.15, -0.1) is 0 Å². The lowest BCUT2D eigenvalue weighted by molar-refractivity contribution is -0.311. The highest BCUT2D eigenvalue weighted by molar-refractivity contribution is 4.89. The first-order valence-corrected chi connectivity index (χ1v) is 7.84. The van der Waals surface area contributed by atoms with Crippen LogP contribution in [0.2, 0.25) is 0 Å². The van der Waals surface area contributed by atoms with E-state index in [0.29, 0.717) is 0 Å². The second-order valence-electron chi connectivity index (χ2n) is 5.80. The molecule has 7 N–H and O–H groups in total. The lowest BCUT2D eigenvalue weighted by Crippen LogP contribution is -2.59. The van der Waals surface area contributed by atoms with Gasteiger partial charge in [0, 0.05) is 7.11 Å². The highest BCUT2D eigenvalue weighted by Gasteiger charge is 2.44. The summed E-state index contributed by atoms with van der Waals surface area (Å²) in [7, 11) is 1.24. The topological polar surface area (TPSA) is 179 Å². The first-order valence-electron chi connectivity index (χ1n) is 7.84. The Morgan fingerprint density at radius 1 is 1.00 bits per heavy atom. The zero-order valence-electron chi connectivity index (χ0n) is 14.1. The van der Waals surface area contributed by atoms with Gasteiger partial charge in [-0.1, -0.05) is 0 Å². The molecule has 0 aromatic rings. The van der Waals surface area contributed by atoms with Crippen molar-refractivity contribution < 1.29 is 54.7 Å². The molecule has 1 rings (SSSR count). The molecule has 1 fully saturated rings. The Kier molecular flexibility index (Phi) is 9.62. The summed E-state index contributed by atoms with van der Waals surface area (Å²) in [5.41, 5.74) is 0. The second-order valence-corrected chi connectivity index (χ2v) is 5.80. The van der Waals surface area contributed by atoms with E-state index in [2.05, 4.69) is 0 Å². The fourth-order valence-corrected chi connectivity index (χ4v) is 2.25. The molecule has 0 aromatic carbocycles. The Morgan fingerprint density at radius 3 is 2.12 bits per heavy atom. The third-order valence-corrected chi connectivity index (χ3v) is 3.85. The number of hydrogen-bond acceptors (Lipinski definition) is 11. The van der Waals surface area contributed by atoms with Crippen molar-refractivity contribution in [2.75, 3.05) is 26.9 Å². The van der Waals surface area contributed by atoms with Crippen LogP contribution < -0.4 is 0 Å². The summed E-state index contributed by atoms with van der Waals surface area (Å²) in [5.74, 6) is 0. The van der Waals surface area contributed by atoms with Gasteiger partial charge >= 0.3 is 0 Å². The van der Waals surface area contributed by atoms with Crippen molar-refractivity contribution in [1.29, 1.82) is 0 Å². The molecule has 9 atom stereocenters. The molecular formula is C14H28O11. The maximum atomic E-state index is 9.94. The van der Waals surface area contributed by atoms with Crippen molar-refractivity contribution in [1.82, 2.24) is 0 Å². The summed E-state index contributed by atoms with van der Waals surface area (Å²) in [4.78, 5) is 0. The molecule has 0 radical (unpaired) electrons. The van der Waals surface area contributed by atoms with Crippen LogP contribution >= 0.6 is 0 Å². The fourth-order valence-electron chi connectivity index (χ4n) is 2.25. The minimum Gasteiger partial charge on any atom is -0.394 e. The lowest BCUT2D eigenvalue weighted by Gasteiger charge is -2.40. The van der Waals surface area contributed by atoms with Crippen LogP contribution in [0.25, 0.3) is 0 Å². The number of aliphatic hydroxyl groups is 7. The second kappa shape index (κ2) is 10.6. The van der Waals surface area contributed by atoms with Gasteiger partial charge in [0.05, 0.1) is 25.9 Å². The zero-order valence-corrected chi connectivity index (χ0v) is 14.1. The van der Waals surface area contributed by atoms with E-state index in [4.69, 9.17) is 29.2 Å². The SMILES string of the molecule is CO[C@H]1OC(CO[C@@H](OC(CO)[C@H](C)O)[C@@H](O)CO)[C@@H](O)[C@H](O)C1O. The van der Waals surface area contributed by atoms with Gasteiger partial charge in [0.2, 0.25) is 0 Å². The van der Waals surface area contributed by atoms with Gasteiger partial charge in [0.1, 0.15) is 36.6 Å². The fraction of sp³-hybridized carbons (Fsp3) is 1.00. The molecule has 0 aliphatic carbocycles. The Labute approximate surface area is 144 Å². The predicted octanol–water partition coefficient (Wildman–Crippen LogP) is -4.11. The van der Waals surface area contributed by atoms with E-state index in [1.165, 1.54) is 14.0 Å². The monoisotopic (exact) mass is 372 g/mol. The molecule has 11 heteroatoms. The molecule has 1 aliphatic heterocycles. The Balaban J connectivity index is 2.71. The molecular weight excluding hydrogens is 344 g/mol. The summed E-state index contributed by atoms with van der Waals surface area (Å²) in [6.07, 6.45) is -11.9. The van der Waals surface area contributed by atoms with Crippen LogP contribution in [0.4, 0.5) is 0 Å². The Morgan fingerprint density at radius 2 is 1.64 bits per heavy atom. The van der Waals surface area contributed by atoms with E-state index >= 15 is 0 Å². The molecule has 0 saturated carbocycles. The molecule has 0 bridgehead atoms. The third kappa shape index (κ3) is 6.05. The van der Waals surface area contributed by atoms with E-state index in [1.54, 1.807) is 0 Å². The summed E-state index contributed by atoms with van der Waals surface area (Å²) >= 11 is 0. The van der Waals surface area contributed by atoms with Crippen LogP contribution in [0.15, 0.2) is 0 Å². The van der Waals surface area contributed by atoms with Gasteiger partial charge in [-0.3, -0.25) is 0 Å². The summed E-state index contributed by atoms with van der Waals surface area (Å²) < 4.78 is 20.6. The zero-order chi connectivity index (χ0) is 19.1. The molecule has 1 heterocycles. The maximum Gasteiger partial charge on any atom is 0.186 e. The Hall–Kier alpha value is -0.440. The largest absolute Gasteiger partial charge is 0.394 e. The standard InChI is InChI=1S/C14H28O11/c1-6(17)8(4-16)24-13(7(18)3-15)23-5-9-10(19)11(20)12(21)14(22-2)25-9/h6-21H,3-5H2,1-2H3/t6-,7-,8?,9?,10+,11-,12?,13-,14-/m0/s1. The maximum absolute atomic E-state index is 9.94. The van der Waals surface area contributed by atoms with Gasteiger partial charge in [-0.2, -0.15) is 0 Å². The first kappa shape index (κ1) is 22.6. The molecule has 25 heavy (non-hydrogen) atoms. The molecule has 0 spiro atoms. The van der Waals surface area contributed by atoms with Gasteiger partial charge in [-0.25, -0.2) is 0 Å². The third-order valence-electron chi connectivity index (χ3n) is 3.85. The van der Waals surface area contributed by atoms with Gasteiger partial charge in [-0.05, 0) is 6.92 Å². The van der Waals surface area contributed by atoms with Crippen molar-refractivity contribution in [3.8, 4) is 0 Å². The average molecular weight is 372 g/mol. The van der Waals surface area contributed by atoms with Crippen LogP contribution in [0, 0.1) is 0 Å². The minimum absolute atomic E-state index is 0.398. The molecule has 3 unspecified atom stereocenters. The number of ether oxygens (including phenoxy) is 4. The quantitative estimate of drug-likeness (QED) is 0.185. The van der Waals surface area contributed by atoms with Gasteiger partial charge in [0.25, 0.3) is 0 Å². The van der Waals surface area contributed by atoms with E-state index in [0.717, 1.165) is 0 Å². The highest BCUT2D eigenvalue weighted by atomic mass is 16.7. The van der Waals surface area contributed by atoms with E-state index in [1.807, 2.05) is 0 Å². The Bertz CT molecular complexity index is 367. The van der Waals surface area contributed by atoms with Crippen molar-refractivity contribution in [3.63, 3.8) is 0 Å². The van der Waals surface area contributed by atoms with E-state index in [-0.39, 0.29) is 0 Å². The summed E-state index contributed by atoms with van der Waals surface area (Å²) in [5, 5.41) is 66.9. The molecule has 11 nitrogen and oxygen atoms in total. The summed E-state index contributed by atoms with van der Waals surface area (Å²) in [6, 6.07) is 0. The molecule has 1 aliphatic rings. The predicted molar refractivity (Wildman–Crippen MR) is 80.2 cm³/mol. The van der Waals surface area contributed by atoms with Crippen LogP contribution in [-0.2, 0) is 18.9 Å². The molecule has 150 valence electrons. The first-order chi connectivity index (χ1) is 11.8. The molecule has 0 aromatic heterocycles. The van der Waals surface area contributed by atoms with Gasteiger partial charge in [0.15, 0.2) is 12.6 Å².